The summed E-state index contributed by atoms with van der Waals surface area (Å²) in [7, 11) is 0. The quantitative estimate of drug-likeness (QED) is 0.798. The van der Waals surface area contributed by atoms with E-state index < -0.39 is 0 Å². The van der Waals surface area contributed by atoms with Crippen molar-refractivity contribution >= 4 is 16.6 Å². The van der Waals surface area contributed by atoms with E-state index in [4.69, 9.17) is 9.47 Å². The van der Waals surface area contributed by atoms with E-state index in [9.17, 15) is 0 Å². The summed E-state index contributed by atoms with van der Waals surface area (Å²) in [6.07, 6.45) is 5.16. The molecule has 0 atom stereocenters. The summed E-state index contributed by atoms with van der Waals surface area (Å²) in [6, 6.07) is 6.69. The van der Waals surface area contributed by atoms with E-state index in [2.05, 4.69) is 26.9 Å². The lowest BCUT2D eigenvalue weighted by Crippen LogP contribution is -2.25. The van der Waals surface area contributed by atoms with Crippen LogP contribution in [0.15, 0.2) is 18.2 Å². The lowest BCUT2D eigenvalue weighted by Gasteiger charge is -2.13. The van der Waals surface area contributed by atoms with E-state index in [1.807, 2.05) is 12.1 Å². The molecule has 0 unspecified atom stereocenters. The number of nitrogens with zero attached hydrogens (tertiary/aromatic N) is 4. The largest absolute Gasteiger partial charge is 0.454 e. The Balaban J connectivity index is 1.60. The van der Waals surface area contributed by atoms with Gasteiger partial charge in [0.2, 0.25) is 6.79 Å². The molecule has 1 fully saturated rings. The van der Waals surface area contributed by atoms with Crippen molar-refractivity contribution < 1.29 is 9.47 Å². The van der Waals surface area contributed by atoms with Gasteiger partial charge in [0.15, 0.2) is 17.1 Å². The van der Waals surface area contributed by atoms with Crippen LogP contribution in [0.2, 0.25) is 0 Å². The van der Waals surface area contributed by atoms with E-state index in [1.54, 1.807) is 4.52 Å². The van der Waals surface area contributed by atoms with Crippen molar-refractivity contribution in [1.29, 1.82) is 0 Å². The zero-order valence-corrected chi connectivity index (χ0v) is 12.7. The molecule has 7 heteroatoms. The molecule has 1 saturated carbocycles. The summed E-state index contributed by atoms with van der Waals surface area (Å²) >= 11 is 0. The summed E-state index contributed by atoms with van der Waals surface area (Å²) in [6.45, 7) is 1.04. The molecule has 0 amide bonds. The second kappa shape index (κ2) is 5.06. The highest BCUT2D eigenvalue weighted by Crippen LogP contribution is 2.36. The third-order valence-electron chi connectivity index (χ3n) is 4.77. The van der Waals surface area contributed by atoms with Gasteiger partial charge in [-0.3, -0.25) is 0 Å². The van der Waals surface area contributed by atoms with Crippen molar-refractivity contribution in [2.24, 2.45) is 0 Å². The van der Waals surface area contributed by atoms with E-state index in [0.717, 1.165) is 40.2 Å². The van der Waals surface area contributed by atoms with Gasteiger partial charge in [-0.15, -0.1) is 5.10 Å². The Morgan fingerprint density at radius 2 is 1.96 bits per heavy atom. The minimum Gasteiger partial charge on any atom is -0.454 e. The third kappa shape index (κ3) is 2.11. The number of rotatable bonds is 3. The highest BCUT2D eigenvalue weighted by molar-refractivity contribution is 5.86. The molecule has 118 valence electrons. The van der Waals surface area contributed by atoms with Crippen LogP contribution >= 0.6 is 0 Å². The van der Waals surface area contributed by atoms with Crippen molar-refractivity contribution in [3.05, 3.63) is 23.8 Å². The van der Waals surface area contributed by atoms with Crippen molar-refractivity contribution in [2.75, 3.05) is 6.79 Å². The van der Waals surface area contributed by atoms with Gasteiger partial charge < -0.3 is 14.8 Å². The fourth-order valence-corrected chi connectivity index (χ4v) is 3.56. The van der Waals surface area contributed by atoms with Crippen molar-refractivity contribution in [1.82, 2.24) is 25.4 Å². The summed E-state index contributed by atoms with van der Waals surface area (Å²) < 4.78 is 12.7. The molecular formula is C16H17N5O2. The van der Waals surface area contributed by atoms with Crippen LogP contribution in [0.4, 0.5) is 0 Å². The molecule has 1 N–H and O–H groups in total. The third-order valence-corrected chi connectivity index (χ3v) is 4.77. The maximum absolute atomic E-state index is 5.48. The summed E-state index contributed by atoms with van der Waals surface area (Å²) in [5, 5.41) is 16.9. The molecule has 0 saturated heterocycles. The monoisotopic (exact) mass is 311 g/mol. The van der Waals surface area contributed by atoms with Crippen LogP contribution < -0.4 is 14.8 Å². The standard InChI is InChI=1S/C16H17N5O2/c1-2-4-12(3-1)17-8-11-5-10-6-14-15(23-9-22-14)7-13(10)21-16(11)18-19-20-21/h5-7,12,17H,1-4,8-9H2. The van der Waals surface area contributed by atoms with Crippen LogP contribution in [0.5, 0.6) is 11.5 Å². The Morgan fingerprint density at radius 1 is 1.13 bits per heavy atom. The van der Waals surface area contributed by atoms with E-state index >= 15 is 0 Å². The summed E-state index contributed by atoms with van der Waals surface area (Å²) in [4.78, 5) is 0. The molecule has 1 aliphatic heterocycles. The molecule has 0 radical (unpaired) electrons. The molecule has 23 heavy (non-hydrogen) atoms. The minimum absolute atomic E-state index is 0.264. The average Bonchev–Trinajstić information content (AvgIpc) is 3.30. The first kappa shape index (κ1) is 13.1. The Labute approximate surface area is 132 Å². The first-order chi connectivity index (χ1) is 11.4. The summed E-state index contributed by atoms with van der Waals surface area (Å²) in [5.41, 5.74) is 2.83. The number of pyridine rings is 1. The van der Waals surface area contributed by atoms with Gasteiger partial charge in [0.05, 0.1) is 5.52 Å². The van der Waals surface area contributed by atoms with E-state index in [1.165, 1.54) is 25.7 Å². The Bertz CT molecular complexity index is 885. The number of tetrazole rings is 1. The van der Waals surface area contributed by atoms with Gasteiger partial charge >= 0.3 is 0 Å². The van der Waals surface area contributed by atoms with Gasteiger partial charge in [0.1, 0.15) is 0 Å². The molecule has 5 rings (SSSR count). The summed E-state index contributed by atoms with van der Waals surface area (Å²) in [5.74, 6) is 1.52. The van der Waals surface area contributed by atoms with Gasteiger partial charge in [0, 0.05) is 29.6 Å². The molecule has 2 aromatic heterocycles. The molecule has 3 heterocycles. The zero-order chi connectivity index (χ0) is 15.2. The number of fused-ring (bicyclic) bond motifs is 4. The molecule has 1 aromatic carbocycles. The minimum atomic E-state index is 0.264. The van der Waals surface area contributed by atoms with Crippen LogP contribution in [-0.4, -0.2) is 32.9 Å². The average molecular weight is 311 g/mol. The fourth-order valence-electron chi connectivity index (χ4n) is 3.56. The smallest absolute Gasteiger partial charge is 0.231 e. The van der Waals surface area contributed by atoms with Crippen LogP contribution in [0, 0.1) is 0 Å². The normalized spacial score (nSPS) is 17.6. The highest BCUT2D eigenvalue weighted by atomic mass is 16.7. The highest BCUT2D eigenvalue weighted by Gasteiger charge is 2.19. The van der Waals surface area contributed by atoms with Crippen LogP contribution in [0.3, 0.4) is 0 Å². The lowest BCUT2D eigenvalue weighted by atomic mass is 10.1. The van der Waals surface area contributed by atoms with Gasteiger partial charge in [0.25, 0.3) is 0 Å². The van der Waals surface area contributed by atoms with E-state index in [-0.39, 0.29) is 6.79 Å². The predicted octanol–water partition coefficient (Wildman–Crippen LogP) is 2.04. The SMILES string of the molecule is c1c2c(cc3c1cc(CNC1CCCC1)c1nnnn13)OCO2. The van der Waals surface area contributed by atoms with Gasteiger partial charge in [-0.2, -0.15) is 4.52 Å². The predicted molar refractivity (Wildman–Crippen MR) is 83.5 cm³/mol. The van der Waals surface area contributed by atoms with Crippen LogP contribution in [0.25, 0.3) is 16.6 Å². The molecular weight excluding hydrogens is 294 g/mol. The maximum Gasteiger partial charge on any atom is 0.231 e. The molecule has 0 spiro atoms. The Kier molecular flexibility index (Phi) is 2.87. The second-order valence-corrected chi connectivity index (χ2v) is 6.21. The number of hydrogen-bond acceptors (Lipinski definition) is 6. The molecule has 2 aliphatic rings. The molecule has 3 aromatic rings. The van der Waals surface area contributed by atoms with Crippen LogP contribution in [0.1, 0.15) is 31.2 Å². The van der Waals surface area contributed by atoms with Gasteiger partial charge in [-0.05, 0) is 35.4 Å². The number of nitrogens with one attached hydrogen (secondary N) is 1. The van der Waals surface area contributed by atoms with E-state index in [0.29, 0.717) is 6.04 Å². The number of aromatic nitrogens is 4. The fraction of sp³-hybridized carbons (Fsp3) is 0.438. The molecule has 0 bridgehead atoms. The zero-order valence-electron chi connectivity index (χ0n) is 12.7. The van der Waals surface area contributed by atoms with Gasteiger partial charge in [-0.1, -0.05) is 12.8 Å². The number of ether oxygens (including phenoxy) is 2. The number of hydrogen-bond donors (Lipinski definition) is 1. The van der Waals surface area contributed by atoms with Crippen molar-refractivity contribution in [3.8, 4) is 11.5 Å². The molecule has 7 nitrogen and oxygen atoms in total. The second-order valence-electron chi connectivity index (χ2n) is 6.21. The first-order valence-electron chi connectivity index (χ1n) is 8.05. The Morgan fingerprint density at radius 3 is 2.83 bits per heavy atom. The molecule has 1 aliphatic carbocycles. The number of benzene rings is 1. The van der Waals surface area contributed by atoms with Gasteiger partial charge in [-0.25, -0.2) is 0 Å². The lowest BCUT2D eigenvalue weighted by molar-refractivity contribution is 0.174. The topological polar surface area (TPSA) is 73.6 Å². The van der Waals surface area contributed by atoms with Crippen LogP contribution in [-0.2, 0) is 6.54 Å². The Hall–Kier alpha value is -2.41. The van der Waals surface area contributed by atoms with Crippen molar-refractivity contribution in [3.63, 3.8) is 0 Å². The maximum atomic E-state index is 5.48. The van der Waals surface area contributed by atoms with Crippen molar-refractivity contribution in [2.45, 2.75) is 38.3 Å². The first-order valence-corrected chi connectivity index (χ1v) is 8.05.